The standard InChI is InChI=1S/C17H23F3N2O2/c1-15(2)7-11(23)8-16(3,9-15)14(24)22-10-4-5-13(21)12(6-10)17(18,19)20/h4-6,11,23H,7-9,21H2,1-3H3,(H,22,24). The predicted molar refractivity (Wildman–Crippen MR) is 86.2 cm³/mol. The number of hydrogen-bond acceptors (Lipinski definition) is 3. The largest absolute Gasteiger partial charge is 0.418 e. The van der Waals surface area contributed by atoms with Crippen molar-refractivity contribution in [1.82, 2.24) is 0 Å². The lowest BCUT2D eigenvalue weighted by Gasteiger charge is -2.44. The molecule has 0 heterocycles. The zero-order valence-corrected chi connectivity index (χ0v) is 14.0. The number of amides is 1. The van der Waals surface area contributed by atoms with Crippen LogP contribution in [0.25, 0.3) is 0 Å². The Bertz CT molecular complexity index is 643. The maximum atomic E-state index is 12.9. The van der Waals surface area contributed by atoms with Gasteiger partial charge in [0.05, 0.1) is 11.7 Å². The van der Waals surface area contributed by atoms with Crippen LogP contribution in [0.2, 0.25) is 0 Å². The molecule has 7 heteroatoms. The number of carbonyl (C=O) groups excluding carboxylic acids is 1. The first-order valence-electron chi connectivity index (χ1n) is 7.79. The normalized spacial score (nSPS) is 26.9. The van der Waals surface area contributed by atoms with Crippen molar-refractivity contribution in [3.63, 3.8) is 0 Å². The summed E-state index contributed by atoms with van der Waals surface area (Å²) in [5, 5.41) is 12.6. The molecule has 4 nitrogen and oxygen atoms in total. The van der Waals surface area contributed by atoms with Crippen LogP contribution >= 0.6 is 0 Å². The number of anilines is 2. The third-order valence-electron chi connectivity index (χ3n) is 4.51. The summed E-state index contributed by atoms with van der Waals surface area (Å²) in [5.41, 5.74) is 2.97. The number of rotatable bonds is 2. The Morgan fingerprint density at radius 2 is 1.92 bits per heavy atom. The summed E-state index contributed by atoms with van der Waals surface area (Å²) in [6.07, 6.45) is -3.78. The summed E-state index contributed by atoms with van der Waals surface area (Å²) < 4.78 is 38.8. The molecule has 0 aliphatic heterocycles. The van der Waals surface area contributed by atoms with Crippen LogP contribution in [-0.4, -0.2) is 17.1 Å². The van der Waals surface area contributed by atoms with Gasteiger partial charge < -0.3 is 16.2 Å². The summed E-state index contributed by atoms with van der Waals surface area (Å²) in [7, 11) is 0. The van der Waals surface area contributed by atoms with E-state index in [-0.39, 0.29) is 23.2 Å². The van der Waals surface area contributed by atoms with Crippen molar-refractivity contribution in [3.05, 3.63) is 23.8 Å². The van der Waals surface area contributed by atoms with E-state index in [0.717, 1.165) is 12.1 Å². The fraction of sp³-hybridized carbons (Fsp3) is 0.588. The second-order valence-corrected chi connectivity index (χ2v) is 7.72. The molecular weight excluding hydrogens is 321 g/mol. The summed E-state index contributed by atoms with van der Waals surface area (Å²) in [6.45, 7) is 5.66. The average molecular weight is 344 g/mol. The molecule has 134 valence electrons. The maximum Gasteiger partial charge on any atom is 0.418 e. The molecule has 2 rings (SSSR count). The maximum absolute atomic E-state index is 12.9. The molecule has 2 atom stereocenters. The molecule has 1 aliphatic carbocycles. The summed E-state index contributed by atoms with van der Waals surface area (Å²) in [5.74, 6) is -0.396. The van der Waals surface area contributed by atoms with Gasteiger partial charge in [0.1, 0.15) is 0 Å². The van der Waals surface area contributed by atoms with Gasteiger partial charge in [0.15, 0.2) is 0 Å². The molecule has 1 fully saturated rings. The number of aliphatic hydroxyl groups excluding tert-OH is 1. The van der Waals surface area contributed by atoms with Gasteiger partial charge in [-0.1, -0.05) is 20.8 Å². The highest BCUT2D eigenvalue weighted by molar-refractivity contribution is 5.95. The molecule has 1 amide bonds. The van der Waals surface area contributed by atoms with Crippen molar-refractivity contribution >= 4 is 17.3 Å². The zero-order chi connectivity index (χ0) is 18.3. The Labute approximate surface area is 139 Å². The number of hydrogen-bond donors (Lipinski definition) is 3. The fourth-order valence-electron chi connectivity index (χ4n) is 3.77. The first kappa shape index (κ1) is 18.6. The lowest BCUT2D eigenvalue weighted by atomic mass is 9.63. The second-order valence-electron chi connectivity index (χ2n) is 7.72. The number of nitrogens with one attached hydrogen (secondary N) is 1. The highest BCUT2D eigenvalue weighted by atomic mass is 19.4. The van der Waals surface area contributed by atoms with E-state index in [1.54, 1.807) is 6.92 Å². The lowest BCUT2D eigenvalue weighted by molar-refractivity contribution is -0.137. The molecule has 2 unspecified atom stereocenters. The van der Waals surface area contributed by atoms with Gasteiger partial charge in [0.2, 0.25) is 5.91 Å². The van der Waals surface area contributed by atoms with E-state index >= 15 is 0 Å². The molecule has 0 saturated heterocycles. The van der Waals surface area contributed by atoms with Gasteiger partial charge in [-0.25, -0.2) is 0 Å². The van der Waals surface area contributed by atoms with Gasteiger partial charge in [-0.15, -0.1) is 0 Å². The fourth-order valence-corrected chi connectivity index (χ4v) is 3.77. The molecular formula is C17H23F3N2O2. The Hall–Kier alpha value is -1.76. The highest BCUT2D eigenvalue weighted by Crippen LogP contribution is 2.46. The molecule has 0 bridgehead atoms. The van der Waals surface area contributed by atoms with E-state index in [4.69, 9.17) is 5.73 Å². The molecule has 1 aromatic rings. The molecule has 0 radical (unpaired) electrons. The minimum atomic E-state index is -4.59. The van der Waals surface area contributed by atoms with Crippen LogP contribution in [-0.2, 0) is 11.0 Å². The molecule has 1 saturated carbocycles. The van der Waals surface area contributed by atoms with Crippen molar-refractivity contribution in [2.45, 2.75) is 52.3 Å². The number of nitrogens with two attached hydrogens (primary N) is 1. The molecule has 1 aromatic carbocycles. The van der Waals surface area contributed by atoms with Crippen molar-refractivity contribution in [2.75, 3.05) is 11.1 Å². The first-order chi connectivity index (χ1) is 10.8. The Morgan fingerprint density at radius 3 is 2.46 bits per heavy atom. The first-order valence-corrected chi connectivity index (χ1v) is 7.79. The quantitative estimate of drug-likeness (QED) is 0.714. The topological polar surface area (TPSA) is 75.3 Å². The Kier molecular flexibility index (Phi) is 4.61. The van der Waals surface area contributed by atoms with Gasteiger partial charge in [-0.05, 0) is 42.9 Å². The average Bonchev–Trinajstić information content (AvgIpc) is 2.36. The summed E-state index contributed by atoms with van der Waals surface area (Å²) in [4.78, 5) is 12.6. The van der Waals surface area contributed by atoms with Crippen LogP contribution in [0, 0.1) is 10.8 Å². The van der Waals surface area contributed by atoms with Gasteiger partial charge in [0.25, 0.3) is 0 Å². The van der Waals surface area contributed by atoms with Crippen molar-refractivity contribution < 1.29 is 23.1 Å². The Morgan fingerprint density at radius 1 is 1.29 bits per heavy atom. The molecule has 4 N–H and O–H groups in total. The highest BCUT2D eigenvalue weighted by Gasteiger charge is 2.45. The number of aliphatic hydroxyl groups is 1. The van der Waals surface area contributed by atoms with Crippen LogP contribution < -0.4 is 11.1 Å². The number of nitrogen functional groups attached to an aromatic ring is 1. The number of halogens is 3. The van der Waals surface area contributed by atoms with Crippen LogP contribution in [0.5, 0.6) is 0 Å². The van der Waals surface area contributed by atoms with Crippen molar-refractivity contribution in [1.29, 1.82) is 0 Å². The molecule has 0 spiro atoms. The smallest absolute Gasteiger partial charge is 0.398 e. The van der Waals surface area contributed by atoms with E-state index < -0.39 is 29.2 Å². The van der Waals surface area contributed by atoms with Gasteiger partial charge in [-0.2, -0.15) is 13.2 Å². The van der Waals surface area contributed by atoms with E-state index in [0.29, 0.717) is 12.8 Å². The monoisotopic (exact) mass is 344 g/mol. The molecule has 1 aliphatic rings. The van der Waals surface area contributed by atoms with Crippen molar-refractivity contribution in [3.8, 4) is 0 Å². The van der Waals surface area contributed by atoms with Crippen LogP contribution in [0.15, 0.2) is 18.2 Å². The van der Waals surface area contributed by atoms with E-state index in [2.05, 4.69) is 5.32 Å². The van der Waals surface area contributed by atoms with E-state index in [9.17, 15) is 23.1 Å². The lowest BCUT2D eigenvalue weighted by Crippen LogP contribution is -2.45. The van der Waals surface area contributed by atoms with Crippen LogP contribution in [0.1, 0.15) is 45.6 Å². The summed E-state index contributed by atoms with van der Waals surface area (Å²) >= 11 is 0. The van der Waals surface area contributed by atoms with Crippen molar-refractivity contribution in [2.24, 2.45) is 10.8 Å². The third-order valence-corrected chi connectivity index (χ3v) is 4.51. The summed E-state index contributed by atoms with van der Waals surface area (Å²) in [6, 6.07) is 3.30. The third kappa shape index (κ3) is 4.01. The number of carbonyl (C=O) groups is 1. The second kappa shape index (κ2) is 5.95. The molecule has 24 heavy (non-hydrogen) atoms. The van der Waals surface area contributed by atoms with Crippen LogP contribution in [0.3, 0.4) is 0 Å². The predicted octanol–water partition coefficient (Wildman–Crippen LogP) is 3.80. The van der Waals surface area contributed by atoms with Crippen LogP contribution in [0.4, 0.5) is 24.5 Å². The zero-order valence-electron chi connectivity index (χ0n) is 14.0. The number of alkyl halides is 3. The van der Waals surface area contributed by atoms with Gasteiger partial charge in [-0.3, -0.25) is 4.79 Å². The molecule has 0 aromatic heterocycles. The minimum absolute atomic E-state index is 0.0422. The van der Waals surface area contributed by atoms with Gasteiger partial charge in [0, 0.05) is 16.8 Å². The minimum Gasteiger partial charge on any atom is -0.398 e. The van der Waals surface area contributed by atoms with Gasteiger partial charge >= 0.3 is 6.18 Å². The SMILES string of the molecule is CC1(C)CC(O)CC(C)(C(=O)Nc2ccc(N)c(C(F)(F)F)c2)C1. The Balaban J connectivity index is 2.23. The van der Waals surface area contributed by atoms with E-state index in [1.165, 1.54) is 6.07 Å². The van der Waals surface area contributed by atoms with E-state index in [1.807, 2.05) is 13.8 Å². The number of benzene rings is 1.